The Morgan fingerprint density at radius 2 is 2.14 bits per heavy atom. The second kappa shape index (κ2) is 7.24. The highest BCUT2D eigenvalue weighted by Crippen LogP contribution is 2.28. The quantitative estimate of drug-likeness (QED) is 0.759. The maximum atomic E-state index is 11.9. The smallest absolute Gasteiger partial charge is 0.269 e. The van der Waals surface area contributed by atoms with Gasteiger partial charge in [0, 0.05) is 18.7 Å². The Bertz CT molecular complexity index is 533. The molecule has 1 heterocycles. The molecule has 6 heteroatoms. The van der Waals surface area contributed by atoms with E-state index >= 15 is 0 Å². The summed E-state index contributed by atoms with van der Waals surface area (Å²) in [6.45, 7) is 4.91. The Morgan fingerprint density at radius 3 is 2.71 bits per heavy atom. The van der Waals surface area contributed by atoms with Gasteiger partial charge in [-0.2, -0.15) is 5.10 Å². The van der Waals surface area contributed by atoms with Crippen molar-refractivity contribution in [3.05, 3.63) is 22.6 Å². The molecule has 6 nitrogen and oxygen atoms in total. The van der Waals surface area contributed by atoms with Crippen LogP contribution in [0.5, 0.6) is 0 Å². The third-order valence-electron chi connectivity index (χ3n) is 3.81. The first-order chi connectivity index (χ1) is 10.1. The van der Waals surface area contributed by atoms with Crippen molar-refractivity contribution in [1.82, 2.24) is 15.1 Å². The number of hydrogen-bond donors (Lipinski definition) is 2. The molecule has 2 rings (SSSR count). The van der Waals surface area contributed by atoms with Crippen molar-refractivity contribution in [2.45, 2.75) is 52.1 Å². The van der Waals surface area contributed by atoms with Gasteiger partial charge in [-0.05, 0) is 31.6 Å². The van der Waals surface area contributed by atoms with Gasteiger partial charge in [-0.25, -0.2) is 4.68 Å². The fraction of sp³-hybridized carbons (Fsp3) is 0.667. The lowest BCUT2D eigenvalue weighted by molar-refractivity contribution is -0.122. The Morgan fingerprint density at radius 1 is 1.43 bits per heavy atom. The number of hydrogen-bond acceptors (Lipinski definition) is 4. The third-order valence-corrected chi connectivity index (χ3v) is 3.81. The number of amides is 1. The summed E-state index contributed by atoms with van der Waals surface area (Å²) < 4.78 is 1.19. The summed E-state index contributed by atoms with van der Waals surface area (Å²) in [6, 6.07) is 1.66. The van der Waals surface area contributed by atoms with Crippen LogP contribution in [0, 0.1) is 5.92 Å². The molecule has 0 radical (unpaired) electrons. The minimum Gasteiger partial charge on any atom is -0.383 e. The molecule has 2 N–H and O–H groups in total. The van der Waals surface area contributed by atoms with Crippen LogP contribution >= 0.6 is 0 Å². The van der Waals surface area contributed by atoms with Gasteiger partial charge in [-0.15, -0.1) is 0 Å². The lowest BCUT2D eigenvalue weighted by Crippen LogP contribution is -2.38. The van der Waals surface area contributed by atoms with Crippen LogP contribution in [0.1, 0.15) is 39.5 Å². The normalized spacial score (nSPS) is 14.2. The van der Waals surface area contributed by atoms with Crippen LogP contribution in [0.25, 0.3) is 0 Å². The molecule has 0 aliphatic heterocycles. The molecule has 0 aromatic carbocycles. The van der Waals surface area contributed by atoms with Crippen molar-refractivity contribution < 1.29 is 4.79 Å². The molecule has 1 aromatic heterocycles. The number of aromatic nitrogens is 2. The molecule has 1 aliphatic carbocycles. The van der Waals surface area contributed by atoms with Gasteiger partial charge in [-0.3, -0.25) is 9.59 Å². The predicted octanol–water partition coefficient (Wildman–Crippen LogP) is 1.37. The van der Waals surface area contributed by atoms with Gasteiger partial charge >= 0.3 is 0 Å². The van der Waals surface area contributed by atoms with Gasteiger partial charge in [-0.1, -0.05) is 13.8 Å². The van der Waals surface area contributed by atoms with Gasteiger partial charge in [0.1, 0.15) is 6.54 Å². The van der Waals surface area contributed by atoms with Crippen LogP contribution in [0.4, 0.5) is 5.69 Å². The first-order valence-electron chi connectivity index (χ1n) is 7.72. The lowest BCUT2D eigenvalue weighted by atomic mass is 10.2. The summed E-state index contributed by atoms with van der Waals surface area (Å²) in [4.78, 5) is 23.8. The van der Waals surface area contributed by atoms with E-state index in [2.05, 4.69) is 15.7 Å². The number of rotatable bonds is 8. The summed E-state index contributed by atoms with van der Waals surface area (Å²) in [7, 11) is 0. The van der Waals surface area contributed by atoms with Crippen molar-refractivity contribution in [2.75, 3.05) is 11.9 Å². The molecular weight excluding hydrogens is 268 g/mol. The van der Waals surface area contributed by atoms with Crippen LogP contribution < -0.4 is 16.2 Å². The molecule has 1 saturated carbocycles. The fourth-order valence-electron chi connectivity index (χ4n) is 2.14. The van der Waals surface area contributed by atoms with E-state index < -0.39 is 0 Å². The van der Waals surface area contributed by atoms with E-state index in [1.165, 1.54) is 23.6 Å². The largest absolute Gasteiger partial charge is 0.383 e. The molecule has 1 fully saturated rings. The van der Waals surface area contributed by atoms with E-state index in [0.29, 0.717) is 0 Å². The zero-order valence-corrected chi connectivity index (χ0v) is 12.8. The summed E-state index contributed by atoms with van der Waals surface area (Å²) in [5.74, 6) is 0.565. The summed E-state index contributed by atoms with van der Waals surface area (Å²) in [5, 5.41) is 10.2. The van der Waals surface area contributed by atoms with Gasteiger partial charge in [0.25, 0.3) is 5.56 Å². The molecular formula is C15H24N4O2. The van der Waals surface area contributed by atoms with Crippen molar-refractivity contribution >= 4 is 11.6 Å². The highest BCUT2D eigenvalue weighted by Gasteiger charge is 2.20. The van der Waals surface area contributed by atoms with E-state index in [-0.39, 0.29) is 24.1 Å². The first kappa shape index (κ1) is 15.5. The Hall–Kier alpha value is -1.85. The van der Waals surface area contributed by atoms with Crippen LogP contribution in [0.2, 0.25) is 0 Å². The molecule has 0 unspecified atom stereocenters. The average Bonchev–Trinajstić information content (AvgIpc) is 3.29. The third kappa shape index (κ3) is 4.88. The monoisotopic (exact) mass is 292 g/mol. The Labute approximate surface area is 124 Å². The molecule has 0 bridgehead atoms. The predicted molar refractivity (Wildman–Crippen MR) is 82.2 cm³/mol. The number of nitrogens with one attached hydrogen (secondary N) is 2. The molecule has 1 aromatic rings. The van der Waals surface area contributed by atoms with E-state index in [1.54, 1.807) is 6.20 Å². The van der Waals surface area contributed by atoms with Gasteiger partial charge in [0.2, 0.25) is 5.91 Å². The minimum atomic E-state index is -0.254. The number of nitrogens with zero attached hydrogens (tertiary/aromatic N) is 2. The summed E-state index contributed by atoms with van der Waals surface area (Å²) in [6.07, 6.45) is 5.89. The van der Waals surface area contributed by atoms with Crippen molar-refractivity contribution in [3.63, 3.8) is 0 Å². The zero-order chi connectivity index (χ0) is 15.2. The highest BCUT2D eigenvalue weighted by atomic mass is 16.2. The standard InChI is InChI=1S/C15H24N4O2/c1-3-12(4-2)18-14(20)10-19-15(21)7-13(9-17-19)16-8-11-5-6-11/h7,9,11-12,16H,3-6,8,10H2,1-2H3,(H,18,20). The van der Waals surface area contributed by atoms with E-state index in [4.69, 9.17) is 0 Å². The minimum absolute atomic E-state index is 0.0295. The zero-order valence-electron chi connectivity index (χ0n) is 12.8. The SMILES string of the molecule is CCC(CC)NC(=O)Cn1ncc(NCC2CC2)cc1=O. The van der Waals surface area contributed by atoms with E-state index in [1.807, 2.05) is 13.8 Å². The molecule has 0 spiro atoms. The Kier molecular flexibility index (Phi) is 5.36. The maximum absolute atomic E-state index is 11.9. The lowest BCUT2D eigenvalue weighted by Gasteiger charge is -2.15. The summed E-state index contributed by atoms with van der Waals surface area (Å²) >= 11 is 0. The maximum Gasteiger partial charge on any atom is 0.269 e. The second-order valence-corrected chi connectivity index (χ2v) is 5.65. The molecule has 0 saturated heterocycles. The van der Waals surface area contributed by atoms with Gasteiger partial charge < -0.3 is 10.6 Å². The molecule has 1 amide bonds. The van der Waals surface area contributed by atoms with Crippen LogP contribution in [0.3, 0.4) is 0 Å². The van der Waals surface area contributed by atoms with Crippen molar-refractivity contribution in [3.8, 4) is 0 Å². The van der Waals surface area contributed by atoms with Crippen LogP contribution in [-0.2, 0) is 11.3 Å². The van der Waals surface area contributed by atoms with Crippen LogP contribution in [-0.4, -0.2) is 28.3 Å². The average molecular weight is 292 g/mol. The van der Waals surface area contributed by atoms with Crippen molar-refractivity contribution in [2.24, 2.45) is 5.92 Å². The fourth-order valence-corrected chi connectivity index (χ4v) is 2.14. The Balaban J connectivity index is 1.90. The molecule has 116 valence electrons. The summed E-state index contributed by atoms with van der Waals surface area (Å²) in [5.41, 5.74) is 0.471. The molecule has 21 heavy (non-hydrogen) atoms. The molecule has 0 atom stereocenters. The van der Waals surface area contributed by atoms with Crippen molar-refractivity contribution in [1.29, 1.82) is 0 Å². The van der Waals surface area contributed by atoms with Gasteiger partial charge in [0.15, 0.2) is 0 Å². The van der Waals surface area contributed by atoms with E-state index in [9.17, 15) is 9.59 Å². The number of carbonyl (C=O) groups is 1. The van der Waals surface area contributed by atoms with E-state index in [0.717, 1.165) is 31.0 Å². The number of anilines is 1. The van der Waals surface area contributed by atoms with Crippen LogP contribution in [0.15, 0.2) is 17.1 Å². The topological polar surface area (TPSA) is 76.0 Å². The van der Waals surface area contributed by atoms with Gasteiger partial charge in [0.05, 0.1) is 11.9 Å². The number of carbonyl (C=O) groups excluding carboxylic acids is 1. The first-order valence-corrected chi connectivity index (χ1v) is 7.72. The molecule has 1 aliphatic rings. The highest BCUT2D eigenvalue weighted by molar-refractivity contribution is 5.75. The second-order valence-electron chi connectivity index (χ2n) is 5.65.